The van der Waals surface area contributed by atoms with Gasteiger partial charge in [0.15, 0.2) is 0 Å². The number of nitrogens with zero attached hydrogens (tertiary/aromatic N) is 3. The minimum atomic E-state index is -3.89. The Morgan fingerprint density at radius 3 is 2.45 bits per heavy atom. The Bertz CT molecular complexity index is 1260. The van der Waals surface area contributed by atoms with E-state index < -0.39 is 10.0 Å². The highest BCUT2D eigenvalue weighted by Crippen LogP contribution is 2.31. The first-order valence-corrected chi connectivity index (χ1v) is 10.8. The average Bonchev–Trinajstić information content (AvgIpc) is 2.74. The third-order valence-electron chi connectivity index (χ3n) is 4.66. The van der Waals surface area contributed by atoms with E-state index in [0.717, 1.165) is 11.1 Å². The monoisotopic (exact) mass is 423 g/mol. The number of rotatable bonds is 5. The van der Waals surface area contributed by atoms with E-state index in [9.17, 15) is 8.42 Å². The van der Waals surface area contributed by atoms with Gasteiger partial charge < -0.3 is 0 Å². The fourth-order valence-corrected chi connectivity index (χ4v) is 4.98. The van der Waals surface area contributed by atoms with Crippen LogP contribution in [-0.4, -0.2) is 18.4 Å². The fourth-order valence-electron chi connectivity index (χ4n) is 3.21. The van der Waals surface area contributed by atoms with Gasteiger partial charge in [-0.15, -0.1) is 0 Å². The number of aryl methyl sites for hydroxylation is 1. The average molecular weight is 424 g/mol. The van der Waals surface area contributed by atoms with Crippen molar-refractivity contribution in [3.63, 3.8) is 0 Å². The summed E-state index contributed by atoms with van der Waals surface area (Å²) in [6.45, 7) is 2.06. The molecule has 0 unspecified atom stereocenters. The number of sulfonamides is 1. The summed E-state index contributed by atoms with van der Waals surface area (Å²) in [4.78, 5) is 8.69. The lowest BCUT2D eigenvalue weighted by Gasteiger charge is -2.25. The number of hydrogen-bond donors (Lipinski definition) is 0. The summed E-state index contributed by atoms with van der Waals surface area (Å²) in [5.41, 5.74) is 2.90. The topological polar surface area (TPSA) is 63.2 Å². The molecule has 0 aliphatic heterocycles. The molecule has 0 N–H and O–H groups in total. The number of hydrogen-bond acceptors (Lipinski definition) is 4. The highest BCUT2D eigenvalue weighted by Gasteiger charge is 2.27. The molecule has 7 heteroatoms. The molecule has 0 amide bonds. The molecule has 0 bridgehead atoms. The molecule has 4 aromatic rings. The lowest BCUT2D eigenvalue weighted by atomic mass is 10.1. The molecule has 0 radical (unpaired) electrons. The van der Waals surface area contributed by atoms with Crippen LogP contribution in [0.3, 0.4) is 0 Å². The maximum Gasteiger partial charge on any atom is 0.265 e. The number of anilines is 1. The number of fused-ring (bicyclic) bond motifs is 1. The van der Waals surface area contributed by atoms with E-state index in [4.69, 9.17) is 11.6 Å². The first-order chi connectivity index (χ1) is 14.0. The van der Waals surface area contributed by atoms with Gasteiger partial charge in [-0.3, -0.25) is 14.3 Å². The second kappa shape index (κ2) is 7.81. The van der Waals surface area contributed by atoms with Gasteiger partial charge in [0.25, 0.3) is 10.0 Å². The summed E-state index contributed by atoms with van der Waals surface area (Å²) in [7, 11) is -3.89. The van der Waals surface area contributed by atoms with Crippen molar-refractivity contribution >= 4 is 38.2 Å². The van der Waals surface area contributed by atoms with Gasteiger partial charge >= 0.3 is 0 Å². The number of halogens is 1. The summed E-state index contributed by atoms with van der Waals surface area (Å²) in [6, 6.07) is 17.3. The molecule has 0 aliphatic carbocycles. The predicted octanol–water partition coefficient (Wildman–Crippen LogP) is 4.99. The van der Waals surface area contributed by atoms with Crippen LogP contribution < -0.4 is 4.31 Å². The van der Waals surface area contributed by atoms with Crippen molar-refractivity contribution in [1.29, 1.82) is 0 Å². The number of pyridine rings is 2. The molecule has 2 heterocycles. The lowest BCUT2D eigenvalue weighted by Crippen LogP contribution is -2.30. The molecular formula is C22H18ClN3O2S. The van der Waals surface area contributed by atoms with Crippen molar-refractivity contribution < 1.29 is 8.42 Å². The number of benzene rings is 2. The summed E-state index contributed by atoms with van der Waals surface area (Å²) >= 11 is 6.02. The zero-order valence-electron chi connectivity index (χ0n) is 15.7. The van der Waals surface area contributed by atoms with Gasteiger partial charge in [-0.05, 0) is 66.6 Å². The zero-order chi connectivity index (χ0) is 20.4. The molecule has 0 aliphatic rings. The molecule has 29 heavy (non-hydrogen) atoms. The van der Waals surface area contributed by atoms with Crippen LogP contribution in [0.2, 0.25) is 5.02 Å². The Morgan fingerprint density at radius 2 is 1.72 bits per heavy atom. The first-order valence-electron chi connectivity index (χ1n) is 8.98. The van der Waals surface area contributed by atoms with E-state index in [0.29, 0.717) is 21.6 Å². The molecule has 0 saturated heterocycles. The predicted molar refractivity (Wildman–Crippen MR) is 116 cm³/mol. The standard InChI is InChI=1S/C22H18ClN3O2S/c1-16-6-11-21(20-5-3-13-25-22(16)20)29(27,28)26(15-17-4-2-12-24-14-17)19-9-7-18(23)8-10-19/h2-14H,15H2,1H3. The Labute approximate surface area is 174 Å². The quantitative estimate of drug-likeness (QED) is 0.453. The summed E-state index contributed by atoms with van der Waals surface area (Å²) in [6.07, 6.45) is 4.98. The van der Waals surface area contributed by atoms with Crippen LogP contribution in [-0.2, 0) is 16.6 Å². The third kappa shape index (κ3) is 3.81. The highest BCUT2D eigenvalue weighted by molar-refractivity contribution is 7.93. The van der Waals surface area contributed by atoms with Gasteiger partial charge in [0.05, 0.1) is 22.6 Å². The SMILES string of the molecule is Cc1ccc(S(=O)(=O)N(Cc2cccnc2)c2ccc(Cl)cc2)c2cccnc12. The van der Waals surface area contributed by atoms with Crippen molar-refractivity contribution in [2.24, 2.45) is 0 Å². The van der Waals surface area contributed by atoms with Gasteiger partial charge in [0, 0.05) is 29.0 Å². The van der Waals surface area contributed by atoms with Crippen molar-refractivity contribution in [3.8, 4) is 0 Å². The maximum atomic E-state index is 13.8. The van der Waals surface area contributed by atoms with E-state index in [2.05, 4.69) is 9.97 Å². The van der Waals surface area contributed by atoms with Crippen LogP contribution in [0.1, 0.15) is 11.1 Å². The van der Waals surface area contributed by atoms with Crippen molar-refractivity contribution in [2.75, 3.05) is 4.31 Å². The van der Waals surface area contributed by atoms with E-state index in [1.54, 1.807) is 73.2 Å². The molecule has 0 fully saturated rings. The third-order valence-corrected chi connectivity index (χ3v) is 6.75. The van der Waals surface area contributed by atoms with Crippen LogP contribution in [0.25, 0.3) is 10.9 Å². The van der Waals surface area contributed by atoms with Crippen LogP contribution in [0, 0.1) is 6.92 Å². The van der Waals surface area contributed by atoms with Crippen LogP contribution in [0.15, 0.2) is 84.1 Å². The molecule has 4 rings (SSSR count). The zero-order valence-corrected chi connectivity index (χ0v) is 17.2. The van der Waals surface area contributed by atoms with Crippen LogP contribution in [0.5, 0.6) is 0 Å². The summed E-state index contributed by atoms with van der Waals surface area (Å²) in [5.74, 6) is 0. The first kappa shape index (κ1) is 19.4. The minimum Gasteiger partial charge on any atom is -0.264 e. The molecule has 2 aromatic heterocycles. The summed E-state index contributed by atoms with van der Waals surface area (Å²) < 4.78 is 29.0. The fraction of sp³-hybridized carbons (Fsp3) is 0.0909. The summed E-state index contributed by atoms with van der Waals surface area (Å²) in [5, 5.41) is 1.13. The normalized spacial score (nSPS) is 11.5. The highest BCUT2D eigenvalue weighted by atomic mass is 35.5. The van der Waals surface area contributed by atoms with Crippen molar-refractivity contribution in [2.45, 2.75) is 18.4 Å². The second-order valence-corrected chi connectivity index (χ2v) is 8.90. The molecule has 146 valence electrons. The van der Waals surface area contributed by atoms with E-state index in [-0.39, 0.29) is 11.4 Å². The second-order valence-electron chi connectivity index (χ2n) is 6.63. The minimum absolute atomic E-state index is 0.146. The Kier molecular flexibility index (Phi) is 5.22. The van der Waals surface area contributed by atoms with E-state index in [1.807, 2.05) is 13.0 Å². The van der Waals surface area contributed by atoms with Crippen molar-refractivity contribution in [1.82, 2.24) is 9.97 Å². The molecular weight excluding hydrogens is 406 g/mol. The molecule has 0 saturated carbocycles. The van der Waals surface area contributed by atoms with Gasteiger partial charge in [0.2, 0.25) is 0 Å². The van der Waals surface area contributed by atoms with E-state index >= 15 is 0 Å². The smallest absolute Gasteiger partial charge is 0.264 e. The van der Waals surface area contributed by atoms with Gasteiger partial charge in [0.1, 0.15) is 0 Å². The molecule has 2 aromatic carbocycles. The van der Waals surface area contributed by atoms with Gasteiger partial charge in [-0.25, -0.2) is 8.42 Å². The largest absolute Gasteiger partial charge is 0.265 e. The molecule has 5 nitrogen and oxygen atoms in total. The van der Waals surface area contributed by atoms with Gasteiger partial charge in [-0.2, -0.15) is 0 Å². The van der Waals surface area contributed by atoms with Crippen molar-refractivity contribution in [3.05, 3.63) is 95.4 Å². The number of aromatic nitrogens is 2. The van der Waals surface area contributed by atoms with Crippen LogP contribution in [0.4, 0.5) is 5.69 Å². The lowest BCUT2D eigenvalue weighted by molar-refractivity contribution is 0.591. The van der Waals surface area contributed by atoms with Gasteiger partial charge in [-0.1, -0.05) is 23.7 Å². The Morgan fingerprint density at radius 1 is 0.966 bits per heavy atom. The Balaban J connectivity index is 1.90. The van der Waals surface area contributed by atoms with E-state index in [1.165, 1.54) is 4.31 Å². The molecule has 0 spiro atoms. The molecule has 0 atom stereocenters. The Hall–Kier alpha value is -2.96. The maximum absolute atomic E-state index is 13.8. The van der Waals surface area contributed by atoms with Crippen LogP contribution >= 0.6 is 11.6 Å².